The minimum atomic E-state index is -0.111. The largest absolute Gasteiger partial charge is 0.459 e. The van der Waals surface area contributed by atoms with E-state index >= 15 is 0 Å². The standard InChI is InChI=1S/C20H22N2O5/c1-21(12-14-4-5-16-18(11-14)27-13-26-16)19(23)15-6-8-22(9-7-15)20(24)17-3-2-10-25-17/h2-5,10-11,15H,6-9,12-13H2,1H3. The van der Waals surface area contributed by atoms with Crippen LogP contribution in [-0.4, -0.2) is 48.5 Å². The smallest absolute Gasteiger partial charge is 0.289 e. The van der Waals surface area contributed by atoms with Crippen molar-refractivity contribution in [3.63, 3.8) is 0 Å². The van der Waals surface area contributed by atoms with Crippen molar-refractivity contribution in [2.24, 2.45) is 5.92 Å². The molecule has 4 rings (SSSR count). The van der Waals surface area contributed by atoms with Crippen molar-refractivity contribution in [2.75, 3.05) is 26.9 Å². The van der Waals surface area contributed by atoms with E-state index in [2.05, 4.69) is 0 Å². The Balaban J connectivity index is 1.31. The molecule has 0 N–H and O–H groups in total. The van der Waals surface area contributed by atoms with E-state index in [0.717, 1.165) is 17.1 Å². The summed E-state index contributed by atoms with van der Waals surface area (Å²) in [7, 11) is 1.81. The molecule has 1 fully saturated rings. The van der Waals surface area contributed by atoms with Crippen LogP contribution in [0.25, 0.3) is 0 Å². The number of hydrogen-bond donors (Lipinski definition) is 0. The first-order chi connectivity index (χ1) is 13.1. The summed E-state index contributed by atoms with van der Waals surface area (Å²) in [4.78, 5) is 28.6. The van der Waals surface area contributed by atoms with Gasteiger partial charge in [0.1, 0.15) is 0 Å². The van der Waals surface area contributed by atoms with Crippen LogP contribution >= 0.6 is 0 Å². The summed E-state index contributed by atoms with van der Waals surface area (Å²) in [5.74, 6) is 1.74. The van der Waals surface area contributed by atoms with E-state index in [9.17, 15) is 9.59 Å². The number of piperidine rings is 1. The minimum absolute atomic E-state index is 0.0651. The molecule has 0 radical (unpaired) electrons. The predicted octanol–water partition coefficient (Wildman–Crippen LogP) is 2.52. The average Bonchev–Trinajstić information content (AvgIpc) is 3.38. The van der Waals surface area contributed by atoms with Crippen molar-refractivity contribution >= 4 is 11.8 Å². The highest BCUT2D eigenvalue weighted by molar-refractivity contribution is 5.91. The van der Waals surface area contributed by atoms with Gasteiger partial charge in [0, 0.05) is 32.6 Å². The molecule has 0 spiro atoms. The summed E-state index contributed by atoms with van der Waals surface area (Å²) < 4.78 is 15.9. The molecule has 27 heavy (non-hydrogen) atoms. The Kier molecular flexibility index (Phi) is 4.75. The summed E-state index contributed by atoms with van der Waals surface area (Å²) in [6.45, 7) is 1.88. The van der Waals surface area contributed by atoms with Crippen molar-refractivity contribution in [1.29, 1.82) is 0 Å². The molecule has 0 atom stereocenters. The van der Waals surface area contributed by atoms with Crippen LogP contribution in [0.1, 0.15) is 29.0 Å². The van der Waals surface area contributed by atoms with Gasteiger partial charge < -0.3 is 23.7 Å². The lowest BCUT2D eigenvalue weighted by Crippen LogP contribution is -2.43. The van der Waals surface area contributed by atoms with Crippen molar-refractivity contribution in [3.8, 4) is 11.5 Å². The van der Waals surface area contributed by atoms with E-state index in [1.54, 1.807) is 21.9 Å². The number of furan rings is 1. The Morgan fingerprint density at radius 2 is 1.93 bits per heavy atom. The zero-order chi connectivity index (χ0) is 18.8. The highest BCUT2D eigenvalue weighted by Crippen LogP contribution is 2.33. The van der Waals surface area contributed by atoms with Gasteiger partial charge in [-0.1, -0.05) is 6.07 Å². The number of fused-ring (bicyclic) bond motifs is 1. The Bertz CT molecular complexity index is 825. The second-order valence-electron chi connectivity index (χ2n) is 6.93. The fraction of sp³-hybridized carbons (Fsp3) is 0.400. The first-order valence-corrected chi connectivity index (χ1v) is 9.08. The van der Waals surface area contributed by atoms with Gasteiger partial charge in [0.25, 0.3) is 5.91 Å². The third-order valence-corrected chi connectivity index (χ3v) is 5.10. The Morgan fingerprint density at radius 3 is 2.67 bits per heavy atom. The summed E-state index contributed by atoms with van der Waals surface area (Å²) in [6.07, 6.45) is 2.82. The van der Waals surface area contributed by atoms with Crippen molar-refractivity contribution in [2.45, 2.75) is 19.4 Å². The second kappa shape index (κ2) is 7.34. The molecule has 7 heteroatoms. The molecule has 1 aromatic carbocycles. The second-order valence-corrected chi connectivity index (χ2v) is 6.93. The maximum atomic E-state index is 12.8. The lowest BCUT2D eigenvalue weighted by atomic mass is 9.95. The molecule has 2 aromatic rings. The molecule has 2 aliphatic rings. The van der Waals surface area contributed by atoms with Gasteiger partial charge in [-0.15, -0.1) is 0 Å². The van der Waals surface area contributed by atoms with Crippen LogP contribution < -0.4 is 9.47 Å². The molecule has 2 aliphatic heterocycles. The molecule has 7 nitrogen and oxygen atoms in total. The molecule has 3 heterocycles. The van der Waals surface area contributed by atoms with E-state index in [1.165, 1.54) is 6.26 Å². The van der Waals surface area contributed by atoms with Crippen LogP contribution in [0.15, 0.2) is 41.0 Å². The number of carbonyl (C=O) groups is 2. The van der Waals surface area contributed by atoms with E-state index < -0.39 is 0 Å². The number of likely N-dealkylation sites (tertiary alicyclic amines) is 1. The highest BCUT2D eigenvalue weighted by Gasteiger charge is 2.30. The van der Waals surface area contributed by atoms with Gasteiger partial charge in [-0.2, -0.15) is 0 Å². The third-order valence-electron chi connectivity index (χ3n) is 5.10. The monoisotopic (exact) mass is 370 g/mol. The lowest BCUT2D eigenvalue weighted by molar-refractivity contribution is -0.136. The summed E-state index contributed by atoms with van der Waals surface area (Å²) in [5, 5.41) is 0. The van der Waals surface area contributed by atoms with Crippen molar-refractivity contribution in [1.82, 2.24) is 9.80 Å². The van der Waals surface area contributed by atoms with E-state index in [-0.39, 0.29) is 24.5 Å². The number of hydrogen-bond acceptors (Lipinski definition) is 5. The van der Waals surface area contributed by atoms with Crippen molar-refractivity contribution < 1.29 is 23.5 Å². The topological polar surface area (TPSA) is 72.2 Å². The zero-order valence-electron chi connectivity index (χ0n) is 15.2. The highest BCUT2D eigenvalue weighted by atomic mass is 16.7. The van der Waals surface area contributed by atoms with Gasteiger partial charge in [-0.3, -0.25) is 9.59 Å². The first kappa shape index (κ1) is 17.5. The summed E-state index contributed by atoms with van der Waals surface area (Å²) in [6, 6.07) is 9.10. The van der Waals surface area contributed by atoms with Crippen LogP contribution in [0.5, 0.6) is 11.5 Å². The zero-order valence-corrected chi connectivity index (χ0v) is 15.2. The van der Waals surface area contributed by atoms with Gasteiger partial charge in [-0.25, -0.2) is 0 Å². The molecule has 1 aromatic heterocycles. The van der Waals surface area contributed by atoms with E-state index in [0.29, 0.717) is 38.2 Å². The molecular formula is C20H22N2O5. The number of benzene rings is 1. The number of rotatable bonds is 4. The fourth-order valence-corrected chi connectivity index (χ4v) is 3.59. The number of carbonyl (C=O) groups excluding carboxylic acids is 2. The van der Waals surface area contributed by atoms with E-state index in [1.807, 2.05) is 25.2 Å². The third kappa shape index (κ3) is 3.63. The number of amides is 2. The molecule has 0 unspecified atom stereocenters. The maximum Gasteiger partial charge on any atom is 0.289 e. The molecule has 0 saturated carbocycles. The fourth-order valence-electron chi connectivity index (χ4n) is 3.59. The molecule has 0 aliphatic carbocycles. The maximum absolute atomic E-state index is 12.8. The Hall–Kier alpha value is -2.96. The predicted molar refractivity (Wildman–Crippen MR) is 96.4 cm³/mol. The normalized spacial score (nSPS) is 16.4. The van der Waals surface area contributed by atoms with Gasteiger partial charge in [-0.05, 0) is 42.7 Å². The van der Waals surface area contributed by atoms with Crippen LogP contribution in [0.4, 0.5) is 0 Å². The SMILES string of the molecule is CN(Cc1ccc2c(c1)OCO2)C(=O)C1CCN(C(=O)c2ccco2)CC1. The first-order valence-electron chi connectivity index (χ1n) is 9.08. The summed E-state index contributed by atoms with van der Waals surface area (Å²) in [5.41, 5.74) is 1.00. The Labute approximate surface area is 157 Å². The molecule has 0 bridgehead atoms. The van der Waals surface area contributed by atoms with Gasteiger partial charge in [0.2, 0.25) is 12.7 Å². The molecular weight excluding hydrogens is 348 g/mol. The number of nitrogens with zero attached hydrogens (tertiary/aromatic N) is 2. The Morgan fingerprint density at radius 1 is 1.15 bits per heavy atom. The van der Waals surface area contributed by atoms with Crippen molar-refractivity contribution in [3.05, 3.63) is 47.9 Å². The number of ether oxygens (including phenoxy) is 2. The van der Waals surface area contributed by atoms with Crippen LogP contribution in [0.2, 0.25) is 0 Å². The quantitative estimate of drug-likeness (QED) is 0.827. The van der Waals surface area contributed by atoms with Gasteiger partial charge in [0.05, 0.1) is 6.26 Å². The van der Waals surface area contributed by atoms with E-state index in [4.69, 9.17) is 13.9 Å². The van der Waals surface area contributed by atoms with Gasteiger partial charge in [0.15, 0.2) is 17.3 Å². The molecule has 1 saturated heterocycles. The lowest BCUT2D eigenvalue weighted by Gasteiger charge is -2.32. The van der Waals surface area contributed by atoms with Gasteiger partial charge >= 0.3 is 0 Å². The minimum Gasteiger partial charge on any atom is -0.459 e. The average molecular weight is 370 g/mol. The van der Waals surface area contributed by atoms with Crippen LogP contribution in [-0.2, 0) is 11.3 Å². The summed E-state index contributed by atoms with van der Waals surface area (Å²) >= 11 is 0. The van der Waals surface area contributed by atoms with Crippen LogP contribution in [0.3, 0.4) is 0 Å². The van der Waals surface area contributed by atoms with Crippen LogP contribution in [0, 0.1) is 5.92 Å². The molecule has 142 valence electrons. The molecule has 2 amide bonds.